The maximum absolute atomic E-state index is 5.31. The predicted molar refractivity (Wildman–Crippen MR) is 35.4 cm³/mol. The molecule has 0 bridgehead atoms. The zero-order valence-corrected chi connectivity index (χ0v) is 5.93. The van der Waals surface area contributed by atoms with Crippen LogP contribution >= 0.6 is 0 Å². The van der Waals surface area contributed by atoms with Gasteiger partial charge in [-0.3, -0.25) is 0 Å². The molecule has 9 heavy (non-hydrogen) atoms. The highest BCUT2D eigenvalue weighted by atomic mass is 16.5. The molecule has 1 fully saturated rings. The van der Waals surface area contributed by atoms with Gasteiger partial charge in [0.15, 0.2) is 0 Å². The van der Waals surface area contributed by atoms with Gasteiger partial charge >= 0.3 is 0 Å². The third-order valence-electron chi connectivity index (χ3n) is 1.38. The lowest BCUT2D eigenvalue weighted by atomic mass is 10.2. The molecule has 0 aromatic rings. The second kappa shape index (κ2) is 3.85. The number of ether oxygens (including phenoxy) is 2. The molecular weight excluding hydrogens is 116 g/mol. The van der Waals surface area contributed by atoms with Gasteiger partial charge in [0.25, 0.3) is 0 Å². The zero-order chi connectivity index (χ0) is 6.53. The molecule has 0 saturated carbocycles. The minimum atomic E-state index is 0.574. The van der Waals surface area contributed by atoms with Crippen molar-refractivity contribution in [1.29, 1.82) is 0 Å². The lowest BCUT2D eigenvalue weighted by Crippen LogP contribution is -2.18. The molecule has 0 radical (unpaired) electrons. The van der Waals surface area contributed by atoms with E-state index in [1.165, 1.54) is 0 Å². The minimum Gasteiger partial charge on any atom is -0.381 e. The molecule has 54 valence electrons. The third-order valence-corrected chi connectivity index (χ3v) is 1.38. The molecule has 0 N–H and O–H groups in total. The van der Waals surface area contributed by atoms with Crippen LogP contribution in [0.3, 0.4) is 0 Å². The molecule has 0 aromatic heterocycles. The van der Waals surface area contributed by atoms with E-state index < -0.39 is 0 Å². The molecule has 1 aliphatic rings. The van der Waals surface area contributed by atoms with Gasteiger partial charge in [0.2, 0.25) is 0 Å². The molecule has 2 heteroatoms. The smallest absolute Gasteiger partial charge is 0.0513 e. The molecule has 1 saturated heterocycles. The topological polar surface area (TPSA) is 18.5 Å². The molecule has 2 nitrogen and oxygen atoms in total. The van der Waals surface area contributed by atoms with Gasteiger partial charge in [-0.25, -0.2) is 0 Å². The molecule has 0 aromatic carbocycles. The van der Waals surface area contributed by atoms with Gasteiger partial charge < -0.3 is 9.47 Å². The molecule has 0 unspecified atom stereocenters. The van der Waals surface area contributed by atoms with E-state index in [9.17, 15) is 0 Å². The first-order valence-electron chi connectivity index (χ1n) is 3.55. The highest BCUT2D eigenvalue weighted by molar-refractivity contribution is 4.51. The van der Waals surface area contributed by atoms with E-state index in [0.717, 1.165) is 32.8 Å². The summed E-state index contributed by atoms with van der Waals surface area (Å²) in [7, 11) is 0. The van der Waals surface area contributed by atoms with Crippen LogP contribution in [0.15, 0.2) is 0 Å². The highest BCUT2D eigenvalue weighted by Gasteiger charge is 2.04. The van der Waals surface area contributed by atoms with Crippen LogP contribution in [0.5, 0.6) is 0 Å². The molecule has 1 heterocycles. The first kappa shape index (κ1) is 7.03. The van der Waals surface area contributed by atoms with Crippen LogP contribution in [0.1, 0.15) is 13.3 Å². The van der Waals surface area contributed by atoms with Gasteiger partial charge in [0.05, 0.1) is 13.2 Å². The quantitative estimate of drug-likeness (QED) is 0.488. The Morgan fingerprint density at radius 3 is 2.22 bits per heavy atom. The summed E-state index contributed by atoms with van der Waals surface area (Å²) in [6.07, 6.45) is 1.05. The minimum absolute atomic E-state index is 0.574. The Labute approximate surface area is 56.2 Å². The summed E-state index contributed by atoms with van der Waals surface area (Å²) < 4.78 is 10.6. The van der Waals surface area contributed by atoms with Crippen molar-refractivity contribution in [3.63, 3.8) is 0 Å². The maximum Gasteiger partial charge on any atom is 0.0513 e. The molecule has 0 spiro atoms. The van der Waals surface area contributed by atoms with Crippen LogP contribution in [0.4, 0.5) is 0 Å². The van der Waals surface area contributed by atoms with Crippen LogP contribution in [0.25, 0.3) is 0 Å². The molecule has 1 aliphatic heterocycles. The molecule has 0 atom stereocenters. The summed E-state index contributed by atoms with van der Waals surface area (Å²) in [5.41, 5.74) is 0. The van der Waals surface area contributed by atoms with E-state index in [-0.39, 0.29) is 0 Å². The lowest BCUT2D eigenvalue weighted by molar-refractivity contribution is 0.00527. The fourth-order valence-corrected chi connectivity index (χ4v) is 0.880. The standard InChI is InChI=1S/C7H14O2/c1-7-5-8-3-2-4-9-6-7/h7H,2-6H2,1H3. The summed E-state index contributed by atoms with van der Waals surface area (Å²) in [5.74, 6) is 0.574. The highest BCUT2D eigenvalue weighted by Crippen LogP contribution is 2.01. The Balaban J connectivity index is 2.12. The Kier molecular flexibility index (Phi) is 3.01. The van der Waals surface area contributed by atoms with Crippen molar-refractivity contribution in [1.82, 2.24) is 0 Å². The van der Waals surface area contributed by atoms with Crippen molar-refractivity contribution in [2.45, 2.75) is 13.3 Å². The van der Waals surface area contributed by atoms with E-state index in [2.05, 4.69) is 6.92 Å². The zero-order valence-electron chi connectivity index (χ0n) is 5.93. The monoisotopic (exact) mass is 130 g/mol. The van der Waals surface area contributed by atoms with E-state index in [4.69, 9.17) is 9.47 Å². The van der Waals surface area contributed by atoms with Crippen molar-refractivity contribution in [3.8, 4) is 0 Å². The van der Waals surface area contributed by atoms with Crippen LogP contribution in [0.2, 0.25) is 0 Å². The fourth-order valence-electron chi connectivity index (χ4n) is 0.880. The van der Waals surface area contributed by atoms with Crippen LogP contribution in [-0.2, 0) is 9.47 Å². The number of hydrogen-bond acceptors (Lipinski definition) is 2. The second-order valence-corrected chi connectivity index (χ2v) is 2.61. The Bertz CT molecular complexity index is 65.3. The van der Waals surface area contributed by atoms with Gasteiger partial charge in [-0.2, -0.15) is 0 Å². The fraction of sp³-hybridized carbons (Fsp3) is 1.00. The largest absolute Gasteiger partial charge is 0.381 e. The summed E-state index contributed by atoms with van der Waals surface area (Å²) in [6.45, 7) is 5.60. The number of rotatable bonds is 0. The first-order chi connectivity index (χ1) is 4.39. The summed E-state index contributed by atoms with van der Waals surface area (Å²) in [6, 6.07) is 0. The van der Waals surface area contributed by atoms with E-state index in [1.807, 2.05) is 0 Å². The average molecular weight is 130 g/mol. The van der Waals surface area contributed by atoms with E-state index >= 15 is 0 Å². The summed E-state index contributed by atoms with van der Waals surface area (Å²) in [5, 5.41) is 0. The van der Waals surface area contributed by atoms with Crippen molar-refractivity contribution in [2.24, 2.45) is 5.92 Å². The molecule has 0 amide bonds. The van der Waals surface area contributed by atoms with Gasteiger partial charge in [0, 0.05) is 19.1 Å². The maximum atomic E-state index is 5.31. The SMILES string of the molecule is CC1COCCCOC1. The summed E-state index contributed by atoms with van der Waals surface area (Å²) >= 11 is 0. The van der Waals surface area contributed by atoms with Gasteiger partial charge in [-0.15, -0.1) is 0 Å². The Morgan fingerprint density at radius 2 is 1.67 bits per heavy atom. The van der Waals surface area contributed by atoms with Crippen LogP contribution in [0, 0.1) is 5.92 Å². The van der Waals surface area contributed by atoms with Crippen molar-refractivity contribution >= 4 is 0 Å². The third kappa shape index (κ3) is 2.82. The predicted octanol–water partition coefficient (Wildman–Crippen LogP) is 1.06. The lowest BCUT2D eigenvalue weighted by Gasteiger charge is -2.15. The van der Waals surface area contributed by atoms with Crippen LogP contribution in [-0.4, -0.2) is 26.4 Å². The summed E-state index contributed by atoms with van der Waals surface area (Å²) in [4.78, 5) is 0. The van der Waals surface area contributed by atoms with Crippen molar-refractivity contribution in [3.05, 3.63) is 0 Å². The van der Waals surface area contributed by atoms with E-state index in [0.29, 0.717) is 5.92 Å². The average Bonchev–Trinajstić information content (AvgIpc) is 1.79. The van der Waals surface area contributed by atoms with Gasteiger partial charge in [-0.05, 0) is 6.42 Å². The normalized spacial score (nSPS) is 25.0. The molecule has 1 rings (SSSR count). The van der Waals surface area contributed by atoms with Gasteiger partial charge in [0.1, 0.15) is 0 Å². The van der Waals surface area contributed by atoms with E-state index in [1.54, 1.807) is 0 Å². The first-order valence-corrected chi connectivity index (χ1v) is 3.55. The molecule has 0 aliphatic carbocycles. The van der Waals surface area contributed by atoms with Crippen molar-refractivity contribution < 1.29 is 9.47 Å². The van der Waals surface area contributed by atoms with Crippen LogP contribution < -0.4 is 0 Å². The van der Waals surface area contributed by atoms with Crippen molar-refractivity contribution in [2.75, 3.05) is 26.4 Å². The second-order valence-electron chi connectivity index (χ2n) is 2.61. The molecular formula is C7H14O2. The Morgan fingerprint density at radius 1 is 1.11 bits per heavy atom. The Hall–Kier alpha value is -0.0800. The number of hydrogen-bond donors (Lipinski definition) is 0. The van der Waals surface area contributed by atoms with Gasteiger partial charge in [-0.1, -0.05) is 6.92 Å².